The first kappa shape index (κ1) is 15.6. The van der Waals surface area contributed by atoms with Crippen molar-refractivity contribution in [3.63, 3.8) is 0 Å². The lowest BCUT2D eigenvalue weighted by Gasteiger charge is -2.18. The third-order valence-corrected chi connectivity index (χ3v) is 3.90. The average Bonchev–Trinajstić information content (AvgIpc) is 2.46. The van der Waals surface area contributed by atoms with E-state index in [0.717, 1.165) is 5.56 Å². The predicted molar refractivity (Wildman–Crippen MR) is 89.2 cm³/mol. The first-order chi connectivity index (χ1) is 9.90. The Kier molecular flexibility index (Phi) is 4.69. The van der Waals surface area contributed by atoms with Crippen molar-refractivity contribution in [2.45, 2.75) is 0 Å². The second kappa shape index (κ2) is 6.32. The summed E-state index contributed by atoms with van der Waals surface area (Å²) in [5.74, 6) is -0.646. The second-order valence-electron chi connectivity index (χ2n) is 4.40. The average molecular weight is 367 g/mol. The number of nitrogens with zero attached hydrogens (tertiary/aromatic N) is 1. The zero-order valence-electron chi connectivity index (χ0n) is 11.1. The van der Waals surface area contributed by atoms with E-state index >= 15 is 0 Å². The van der Waals surface area contributed by atoms with Crippen LogP contribution in [0.4, 0.5) is 10.1 Å². The van der Waals surface area contributed by atoms with E-state index < -0.39 is 5.82 Å². The fourth-order valence-corrected chi connectivity index (χ4v) is 2.47. The molecule has 2 aromatic carbocycles. The molecule has 0 aliphatic carbocycles. The molecule has 0 aliphatic rings. The van der Waals surface area contributed by atoms with Crippen LogP contribution >= 0.6 is 28.1 Å². The number of hydrogen-bond acceptors (Lipinski definition) is 2. The minimum atomic E-state index is -0.401. The number of amides is 1. The summed E-state index contributed by atoms with van der Waals surface area (Å²) in [5, 5.41) is 0. The third kappa shape index (κ3) is 3.46. The predicted octanol–water partition coefficient (Wildman–Crippen LogP) is 3.50. The van der Waals surface area contributed by atoms with Gasteiger partial charge in [0.05, 0.1) is 5.56 Å². The monoisotopic (exact) mass is 366 g/mol. The zero-order valence-corrected chi connectivity index (χ0v) is 13.5. The van der Waals surface area contributed by atoms with E-state index in [1.165, 1.54) is 23.1 Å². The number of benzene rings is 2. The number of thiocarbonyl (C=S) groups is 1. The Balaban J connectivity index is 2.28. The first-order valence-electron chi connectivity index (χ1n) is 6.03. The van der Waals surface area contributed by atoms with Crippen LogP contribution in [0.3, 0.4) is 0 Å². The lowest BCUT2D eigenvalue weighted by atomic mass is 10.1. The SMILES string of the molecule is CN(C(=O)c1ccc(F)cc1Br)c1ccc(C(N)=S)cc1. The Morgan fingerprint density at radius 1 is 1.24 bits per heavy atom. The topological polar surface area (TPSA) is 46.3 Å². The second-order valence-corrected chi connectivity index (χ2v) is 5.69. The molecule has 0 saturated heterocycles. The Labute approximate surface area is 135 Å². The van der Waals surface area contributed by atoms with Crippen molar-refractivity contribution in [3.8, 4) is 0 Å². The molecule has 2 aromatic rings. The van der Waals surface area contributed by atoms with Crippen molar-refractivity contribution >= 4 is 44.7 Å². The maximum atomic E-state index is 13.1. The zero-order chi connectivity index (χ0) is 15.6. The molecule has 0 bridgehead atoms. The minimum absolute atomic E-state index is 0.245. The van der Waals surface area contributed by atoms with Gasteiger partial charge in [0.2, 0.25) is 0 Å². The van der Waals surface area contributed by atoms with Gasteiger partial charge in [-0.3, -0.25) is 4.79 Å². The Hall–Kier alpha value is -1.79. The Morgan fingerprint density at radius 2 is 1.86 bits per heavy atom. The minimum Gasteiger partial charge on any atom is -0.389 e. The summed E-state index contributed by atoms with van der Waals surface area (Å²) in [6, 6.07) is 11.0. The highest BCUT2D eigenvalue weighted by Crippen LogP contribution is 2.22. The highest BCUT2D eigenvalue weighted by atomic mass is 79.9. The molecule has 0 heterocycles. The van der Waals surface area contributed by atoms with Crippen LogP contribution in [0.15, 0.2) is 46.9 Å². The van der Waals surface area contributed by atoms with Gasteiger partial charge in [0, 0.05) is 22.8 Å². The molecular weight excluding hydrogens is 355 g/mol. The van der Waals surface area contributed by atoms with Gasteiger partial charge >= 0.3 is 0 Å². The van der Waals surface area contributed by atoms with Gasteiger partial charge in [0.1, 0.15) is 10.8 Å². The van der Waals surface area contributed by atoms with Crippen LogP contribution in [-0.4, -0.2) is 17.9 Å². The van der Waals surface area contributed by atoms with Gasteiger partial charge in [0.25, 0.3) is 5.91 Å². The smallest absolute Gasteiger partial charge is 0.259 e. The molecule has 0 fully saturated rings. The summed E-state index contributed by atoms with van der Waals surface area (Å²) in [6.45, 7) is 0. The normalized spacial score (nSPS) is 10.2. The fraction of sp³-hybridized carbons (Fsp3) is 0.0667. The van der Waals surface area contributed by atoms with Crippen LogP contribution in [0.2, 0.25) is 0 Å². The molecule has 2 N–H and O–H groups in total. The number of anilines is 1. The quantitative estimate of drug-likeness (QED) is 0.845. The molecule has 1 amide bonds. The van der Waals surface area contributed by atoms with Gasteiger partial charge in [-0.25, -0.2) is 4.39 Å². The van der Waals surface area contributed by atoms with Gasteiger partial charge in [-0.15, -0.1) is 0 Å². The summed E-state index contributed by atoms with van der Waals surface area (Å²) >= 11 is 8.08. The molecular formula is C15H12BrFN2OS. The molecule has 3 nitrogen and oxygen atoms in total. The molecule has 0 spiro atoms. The molecule has 0 unspecified atom stereocenters. The number of rotatable bonds is 3. The van der Waals surface area contributed by atoms with Crippen LogP contribution in [0.5, 0.6) is 0 Å². The van der Waals surface area contributed by atoms with E-state index in [1.807, 2.05) is 0 Å². The molecule has 21 heavy (non-hydrogen) atoms. The van der Waals surface area contributed by atoms with Crippen LogP contribution < -0.4 is 10.6 Å². The van der Waals surface area contributed by atoms with E-state index in [0.29, 0.717) is 20.7 Å². The summed E-state index contributed by atoms with van der Waals surface area (Å²) in [6.07, 6.45) is 0. The molecule has 0 atom stereocenters. The van der Waals surface area contributed by atoms with Crippen LogP contribution in [0, 0.1) is 5.82 Å². The number of carbonyl (C=O) groups excluding carboxylic acids is 1. The van der Waals surface area contributed by atoms with Gasteiger partial charge in [0.15, 0.2) is 0 Å². The summed E-state index contributed by atoms with van der Waals surface area (Å²) in [5.41, 5.74) is 7.35. The highest BCUT2D eigenvalue weighted by molar-refractivity contribution is 9.10. The van der Waals surface area contributed by atoms with Gasteiger partial charge in [-0.2, -0.15) is 0 Å². The third-order valence-electron chi connectivity index (χ3n) is 3.01. The van der Waals surface area contributed by atoms with Crippen molar-refractivity contribution in [3.05, 3.63) is 63.9 Å². The summed E-state index contributed by atoms with van der Waals surface area (Å²) in [4.78, 5) is 14.2. The lowest BCUT2D eigenvalue weighted by Crippen LogP contribution is -2.26. The highest BCUT2D eigenvalue weighted by Gasteiger charge is 2.16. The van der Waals surface area contributed by atoms with Crippen molar-refractivity contribution < 1.29 is 9.18 Å². The van der Waals surface area contributed by atoms with E-state index in [9.17, 15) is 9.18 Å². The lowest BCUT2D eigenvalue weighted by molar-refractivity contribution is 0.0992. The van der Waals surface area contributed by atoms with E-state index in [-0.39, 0.29) is 5.91 Å². The largest absolute Gasteiger partial charge is 0.389 e. The van der Waals surface area contributed by atoms with Crippen molar-refractivity contribution in [2.24, 2.45) is 5.73 Å². The van der Waals surface area contributed by atoms with Crippen LogP contribution in [0.25, 0.3) is 0 Å². The van der Waals surface area contributed by atoms with Gasteiger partial charge < -0.3 is 10.6 Å². The molecule has 0 radical (unpaired) electrons. The molecule has 0 aromatic heterocycles. The first-order valence-corrected chi connectivity index (χ1v) is 7.23. The number of nitrogens with two attached hydrogens (primary N) is 1. The Bertz CT molecular complexity index is 703. The van der Waals surface area contributed by atoms with E-state index in [1.54, 1.807) is 31.3 Å². The van der Waals surface area contributed by atoms with Crippen molar-refractivity contribution in [1.29, 1.82) is 0 Å². The van der Waals surface area contributed by atoms with Crippen molar-refractivity contribution in [1.82, 2.24) is 0 Å². The number of carbonyl (C=O) groups is 1. The Morgan fingerprint density at radius 3 is 2.38 bits per heavy atom. The van der Waals surface area contributed by atoms with Crippen LogP contribution in [0.1, 0.15) is 15.9 Å². The number of hydrogen-bond donors (Lipinski definition) is 1. The standard InChI is InChI=1S/C15H12BrFN2OS/c1-19(11-5-2-9(3-6-11)14(18)21)15(20)12-7-4-10(17)8-13(12)16/h2-8H,1H3,(H2,18,21). The maximum absolute atomic E-state index is 13.1. The maximum Gasteiger partial charge on any atom is 0.259 e. The van der Waals surface area contributed by atoms with Gasteiger partial charge in [-0.05, 0) is 58.4 Å². The molecule has 0 aliphatic heterocycles. The number of halogens is 2. The van der Waals surface area contributed by atoms with Gasteiger partial charge in [-0.1, -0.05) is 12.2 Å². The molecule has 2 rings (SSSR count). The summed E-state index contributed by atoms with van der Waals surface area (Å²) < 4.78 is 13.5. The van der Waals surface area contributed by atoms with Crippen LogP contribution in [-0.2, 0) is 0 Å². The fourth-order valence-electron chi connectivity index (χ4n) is 1.81. The molecule has 6 heteroatoms. The summed E-state index contributed by atoms with van der Waals surface area (Å²) in [7, 11) is 1.65. The molecule has 108 valence electrons. The molecule has 0 saturated carbocycles. The van der Waals surface area contributed by atoms with E-state index in [4.69, 9.17) is 18.0 Å². The van der Waals surface area contributed by atoms with E-state index in [2.05, 4.69) is 15.9 Å². The van der Waals surface area contributed by atoms with Crippen molar-refractivity contribution in [2.75, 3.05) is 11.9 Å².